The number of rotatable bonds is 3. The van der Waals surface area contributed by atoms with Crippen molar-refractivity contribution >= 4 is 5.97 Å². The van der Waals surface area contributed by atoms with E-state index in [1.165, 1.54) is 5.06 Å². The molecule has 5 heteroatoms. The van der Waals surface area contributed by atoms with Crippen molar-refractivity contribution in [3.63, 3.8) is 0 Å². The van der Waals surface area contributed by atoms with Crippen LogP contribution in [0.1, 0.15) is 24.1 Å². The summed E-state index contributed by atoms with van der Waals surface area (Å²) < 4.78 is 18.8. The third-order valence-corrected chi connectivity index (χ3v) is 3.26. The van der Waals surface area contributed by atoms with Gasteiger partial charge in [-0.1, -0.05) is 29.8 Å². The number of carbonyl (C=O) groups excluding carboxylic acids is 1. The third-order valence-electron chi connectivity index (χ3n) is 3.26. The van der Waals surface area contributed by atoms with Crippen LogP contribution in [-0.4, -0.2) is 31.0 Å². The number of carbonyl (C=O) groups is 1. The highest BCUT2D eigenvalue weighted by atomic mass is 19.1. The fraction of sp³-hybridized carbons (Fsp3) is 0.500. The van der Waals surface area contributed by atoms with E-state index in [1.807, 2.05) is 31.2 Å². The average Bonchev–Trinajstić information content (AvgIpc) is 2.65. The third kappa shape index (κ3) is 2.77. The van der Waals surface area contributed by atoms with Crippen LogP contribution >= 0.6 is 0 Å². The molecule has 0 aliphatic carbocycles. The molecule has 0 unspecified atom stereocenters. The molecule has 0 radical (unpaired) electrons. The lowest BCUT2D eigenvalue weighted by atomic mass is 9.93. The van der Waals surface area contributed by atoms with Gasteiger partial charge in [-0.3, -0.25) is 9.63 Å². The van der Waals surface area contributed by atoms with Crippen LogP contribution in [0.2, 0.25) is 0 Å². The molecule has 1 aliphatic heterocycles. The van der Waals surface area contributed by atoms with Crippen molar-refractivity contribution in [2.24, 2.45) is 5.92 Å². The summed E-state index contributed by atoms with van der Waals surface area (Å²) in [6.07, 6.45) is -1.67. The van der Waals surface area contributed by atoms with Gasteiger partial charge >= 0.3 is 5.97 Å². The van der Waals surface area contributed by atoms with Crippen molar-refractivity contribution in [2.75, 3.05) is 13.7 Å². The van der Waals surface area contributed by atoms with E-state index in [0.717, 1.165) is 11.1 Å². The predicted octanol–water partition coefficient (Wildman–Crippen LogP) is 2.39. The van der Waals surface area contributed by atoms with Gasteiger partial charge in [-0.25, -0.2) is 4.39 Å². The molecule has 1 aromatic rings. The van der Waals surface area contributed by atoms with E-state index in [1.54, 1.807) is 14.0 Å². The molecule has 0 aromatic heterocycles. The number of hydrogen-bond acceptors (Lipinski definition) is 4. The monoisotopic (exact) mass is 267 g/mol. The Bertz CT molecular complexity index is 449. The number of nitrogens with zero attached hydrogens (tertiary/aromatic N) is 1. The predicted molar refractivity (Wildman–Crippen MR) is 67.8 cm³/mol. The average molecular weight is 267 g/mol. The maximum absolute atomic E-state index is 13.9. The second-order valence-electron chi connectivity index (χ2n) is 4.64. The molecule has 0 saturated carbocycles. The van der Waals surface area contributed by atoms with Gasteiger partial charge in [0, 0.05) is 7.05 Å². The van der Waals surface area contributed by atoms with E-state index in [2.05, 4.69) is 0 Å². The summed E-state index contributed by atoms with van der Waals surface area (Å²) in [5.41, 5.74) is 1.95. The molecule has 1 aromatic carbocycles. The zero-order chi connectivity index (χ0) is 14.0. The minimum atomic E-state index is -1.67. The Morgan fingerprint density at radius 1 is 1.42 bits per heavy atom. The first kappa shape index (κ1) is 14.0. The summed E-state index contributed by atoms with van der Waals surface area (Å²) in [5.74, 6) is -1.52. The smallest absolute Gasteiger partial charge is 0.316 e. The van der Waals surface area contributed by atoms with Crippen molar-refractivity contribution in [1.82, 2.24) is 5.06 Å². The number of alkyl halides is 1. The Labute approximate surface area is 112 Å². The van der Waals surface area contributed by atoms with Crippen LogP contribution in [0.4, 0.5) is 4.39 Å². The summed E-state index contributed by atoms with van der Waals surface area (Å²) in [6.45, 7) is 3.90. The summed E-state index contributed by atoms with van der Waals surface area (Å²) >= 11 is 0. The van der Waals surface area contributed by atoms with E-state index in [0.29, 0.717) is 0 Å². The lowest BCUT2D eigenvalue weighted by Gasteiger charge is -2.21. The Balaban J connectivity index is 2.29. The summed E-state index contributed by atoms with van der Waals surface area (Å²) in [5, 5.41) is 1.39. The largest absolute Gasteiger partial charge is 0.466 e. The molecule has 2 rings (SSSR count). The molecule has 0 bridgehead atoms. The van der Waals surface area contributed by atoms with E-state index in [-0.39, 0.29) is 6.61 Å². The minimum Gasteiger partial charge on any atom is -0.466 e. The molecular weight excluding hydrogens is 249 g/mol. The molecule has 104 valence electrons. The molecule has 0 amide bonds. The normalized spacial score (nSPS) is 27.5. The maximum Gasteiger partial charge on any atom is 0.316 e. The Morgan fingerprint density at radius 2 is 2.05 bits per heavy atom. The van der Waals surface area contributed by atoms with Gasteiger partial charge in [0.1, 0.15) is 5.92 Å². The molecule has 1 fully saturated rings. The summed E-state index contributed by atoms with van der Waals surface area (Å²) in [6, 6.07) is 7.15. The van der Waals surface area contributed by atoms with Crippen LogP contribution in [0, 0.1) is 12.8 Å². The van der Waals surface area contributed by atoms with Crippen molar-refractivity contribution in [1.29, 1.82) is 0 Å². The Morgan fingerprint density at radius 3 is 2.63 bits per heavy atom. The van der Waals surface area contributed by atoms with Gasteiger partial charge in [0.05, 0.1) is 12.6 Å². The number of ether oxygens (including phenoxy) is 1. The van der Waals surface area contributed by atoms with Gasteiger partial charge in [-0.2, -0.15) is 5.06 Å². The molecule has 4 nitrogen and oxygen atoms in total. The Kier molecular flexibility index (Phi) is 4.17. The van der Waals surface area contributed by atoms with E-state index >= 15 is 0 Å². The molecular formula is C14H18FNO3. The van der Waals surface area contributed by atoms with Gasteiger partial charge in [-0.15, -0.1) is 0 Å². The van der Waals surface area contributed by atoms with Crippen molar-refractivity contribution < 1.29 is 18.8 Å². The van der Waals surface area contributed by atoms with Gasteiger partial charge in [0.25, 0.3) is 0 Å². The zero-order valence-corrected chi connectivity index (χ0v) is 11.3. The van der Waals surface area contributed by atoms with Crippen molar-refractivity contribution in [3.05, 3.63) is 35.4 Å². The van der Waals surface area contributed by atoms with Gasteiger partial charge in [0.2, 0.25) is 6.36 Å². The SMILES string of the molecule is CCOC(=O)[C@@H]1[C@@H](c2ccc(C)cc2)N(C)O[C@@H]1F. The van der Waals surface area contributed by atoms with Crippen LogP contribution in [-0.2, 0) is 14.4 Å². The highest BCUT2D eigenvalue weighted by Crippen LogP contribution is 2.39. The van der Waals surface area contributed by atoms with E-state index < -0.39 is 24.3 Å². The topological polar surface area (TPSA) is 38.8 Å². The van der Waals surface area contributed by atoms with Crippen LogP contribution in [0.3, 0.4) is 0 Å². The maximum atomic E-state index is 13.9. The highest BCUT2D eigenvalue weighted by Gasteiger charge is 2.48. The second kappa shape index (κ2) is 5.67. The molecule has 3 atom stereocenters. The number of esters is 1. The number of hydroxylamine groups is 2. The van der Waals surface area contributed by atoms with Crippen molar-refractivity contribution in [3.8, 4) is 0 Å². The summed E-state index contributed by atoms with van der Waals surface area (Å²) in [4.78, 5) is 16.9. The van der Waals surface area contributed by atoms with Crippen LogP contribution < -0.4 is 0 Å². The van der Waals surface area contributed by atoms with Crippen LogP contribution in [0.5, 0.6) is 0 Å². The van der Waals surface area contributed by atoms with Gasteiger partial charge in [0.15, 0.2) is 0 Å². The van der Waals surface area contributed by atoms with Gasteiger partial charge < -0.3 is 4.74 Å². The van der Waals surface area contributed by atoms with Crippen LogP contribution in [0.15, 0.2) is 24.3 Å². The molecule has 1 saturated heterocycles. The first-order valence-corrected chi connectivity index (χ1v) is 6.31. The highest BCUT2D eigenvalue weighted by molar-refractivity contribution is 5.74. The molecule has 19 heavy (non-hydrogen) atoms. The van der Waals surface area contributed by atoms with E-state index in [4.69, 9.17) is 9.57 Å². The molecule has 1 heterocycles. The fourth-order valence-electron chi connectivity index (χ4n) is 2.31. The van der Waals surface area contributed by atoms with E-state index in [9.17, 15) is 9.18 Å². The number of benzene rings is 1. The molecule has 0 spiro atoms. The summed E-state index contributed by atoms with van der Waals surface area (Å²) in [7, 11) is 1.62. The minimum absolute atomic E-state index is 0.229. The first-order valence-electron chi connectivity index (χ1n) is 6.31. The number of aryl methyl sites for hydroxylation is 1. The standard InChI is InChI=1S/C14H18FNO3/c1-4-18-14(17)11-12(16(3)19-13(11)15)10-7-5-9(2)6-8-10/h5-8,11-13H,4H2,1-3H3/t11-,12-,13+/m1/s1. The first-order chi connectivity index (χ1) is 9.04. The van der Waals surface area contributed by atoms with Crippen LogP contribution in [0.25, 0.3) is 0 Å². The second-order valence-corrected chi connectivity index (χ2v) is 4.64. The lowest BCUT2D eigenvalue weighted by molar-refractivity contribution is -0.186. The van der Waals surface area contributed by atoms with Crippen molar-refractivity contribution in [2.45, 2.75) is 26.2 Å². The number of hydrogen-bond donors (Lipinski definition) is 0. The molecule has 0 N–H and O–H groups in total. The Hall–Kier alpha value is -1.46. The molecule has 1 aliphatic rings. The quantitative estimate of drug-likeness (QED) is 0.788. The lowest BCUT2D eigenvalue weighted by Crippen LogP contribution is -2.29. The number of halogens is 1. The van der Waals surface area contributed by atoms with Gasteiger partial charge in [-0.05, 0) is 19.4 Å². The zero-order valence-electron chi connectivity index (χ0n) is 11.3. The fourth-order valence-corrected chi connectivity index (χ4v) is 2.31.